The molecule has 6 nitrogen and oxygen atoms in total. The van der Waals surface area contributed by atoms with Crippen LogP contribution in [0.25, 0.3) is 16.9 Å². The Labute approximate surface area is 109 Å². The first-order chi connectivity index (χ1) is 9.28. The zero-order valence-electron chi connectivity index (χ0n) is 10.3. The molecule has 19 heavy (non-hydrogen) atoms. The third-order valence-corrected chi connectivity index (χ3v) is 2.78. The first-order valence-corrected chi connectivity index (χ1v) is 5.72. The summed E-state index contributed by atoms with van der Waals surface area (Å²) in [5, 5.41) is 8.53. The summed E-state index contributed by atoms with van der Waals surface area (Å²) in [5.74, 6) is 0. The van der Waals surface area contributed by atoms with Crippen molar-refractivity contribution < 1.29 is 4.79 Å². The van der Waals surface area contributed by atoms with Crippen molar-refractivity contribution >= 4 is 6.29 Å². The largest absolute Gasteiger partial charge is 0.298 e. The van der Waals surface area contributed by atoms with E-state index >= 15 is 0 Å². The van der Waals surface area contributed by atoms with Crippen molar-refractivity contribution in [1.29, 1.82) is 0 Å². The Morgan fingerprint density at radius 3 is 2.63 bits per heavy atom. The summed E-state index contributed by atoms with van der Waals surface area (Å²) in [6.07, 6.45) is 9.37. The predicted molar refractivity (Wildman–Crippen MR) is 68.9 cm³/mol. The molecule has 0 fully saturated rings. The fraction of sp³-hybridized carbons (Fsp3) is 0.0769. The quantitative estimate of drug-likeness (QED) is 0.663. The molecule has 0 amide bonds. The lowest BCUT2D eigenvalue weighted by Crippen LogP contribution is -1.94. The minimum atomic E-state index is 0.532. The van der Waals surface area contributed by atoms with E-state index in [0.717, 1.165) is 17.5 Å². The van der Waals surface area contributed by atoms with Crippen LogP contribution in [0.3, 0.4) is 0 Å². The summed E-state index contributed by atoms with van der Waals surface area (Å²) in [4.78, 5) is 15.1. The van der Waals surface area contributed by atoms with E-state index in [1.165, 1.54) is 0 Å². The van der Waals surface area contributed by atoms with Crippen molar-refractivity contribution in [2.45, 2.75) is 0 Å². The van der Waals surface area contributed by atoms with Gasteiger partial charge in [0.15, 0.2) is 6.29 Å². The second-order valence-corrected chi connectivity index (χ2v) is 4.10. The molecule has 94 valence electrons. The summed E-state index contributed by atoms with van der Waals surface area (Å²) >= 11 is 0. The number of hydrogen-bond acceptors (Lipinski definition) is 4. The second-order valence-electron chi connectivity index (χ2n) is 4.10. The summed E-state index contributed by atoms with van der Waals surface area (Å²) < 4.78 is 3.34. The normalized spacial score (nSPS) is 10.6. The van der Waals surface area contributed by atoms with Crippen molar-refractivity contribution in [1.82, 2.24) is 24.5 Å². The van der Waals surface area contributed by atoms with Gasteiger partial charge in [-0.05, 0) is 12.1 Å². The number of nitrogens with zero attached hydrogens (tertiary/aromatic N) is 5. The molecule has 0 N–H and O–H groups in total. The number of carbonyl (C=O) groups excluding carboxylic acids is 1. The topological polar surface area (TPSA) is 65.6 Å². The van der Waals surface area contributed by atoms with Gasteiger partial charge in [-0.2, -0.15) is 10.2 Å². The van der Waals surface area contributed by atoms with Gasteiger partial charge in [0.1, 0.15) is 5.69 Å². The Kier molecular flexibility index (Phi) is 2.68. The maximum atomic E-state index is 11.2. The van der Waals surface area contributed by atoms with Crippen LogP contribution in [0.4, 0.5) is 0 Å². The Balaban J connectivity index is 2.11. The highest BCUT2D eigenvalue weighted by Crippen LogP contribution is 2.21. The monoisotopic (exact) mass is 253 g/mol. The van der Waals surface area contributed by atoms with Gasteiger partial charge in [-0.3, -0.25) is 14.5 Å². The summed E-state index contributed by atoms with van der Waals surface area (Å²) in [6.45, 7) is 0. The highest BCUT2D eigenvalue weighted by atomic mass is 16.1. The Hall–Kier alpha value is -2.76. The molecule has 6 heteroatoms. The lowest BCUT2D eigenvalue weighted by molar-refractivity contribution is 0.112. The SMILES string of the molecule is Cn1cc(-c2nn(-c3ccncc3)cc2C=O)cn1. The molecule has 0 saturated carbocycles. The maximum absolute atomic E-state index is 11.2. The molecule has 0 radical (unpaired) electrons. The number of aldehydes is 1. The van der Waals surface area contributed by atoms with E-state index in [2.05, 4.69) is 15.2 Å². The van der Waals surface area contributed by atoms with Gasteiger partial charge < -0.3 is 0 Å². The van der Waals surface area contributed by atoms with E-state index in [1.54, 1.807) is 34.2 Å². The van der Waals surface area contributed by atoms with Crippen molar-refractivity contribution in [3.05, 3.63) is 48.7 Å². The molecule has 3 rings (SSSR count). The lowest BCUT2D eigenvalue weighted by Gasteiger charge is -1.98. The van der Waals surface area contributed by atoms with Gasteiger partial charge in [0.05, 0.1) is 17.4 Å². The van der Waals surface area contributed by atoms with Crippen LogP contribution in [0, 0.1) is 0 Å². The van der Waals surface area contributed by atoms with Crippen molar-refractivity contribution in [2.75, 3.05) is 0 Å². The Morgan fingerprint density at radius 2 is 2.00 bits per heavy atom. The first kappa shape index (κ1) is 11.3. The van der Waals surface area contributed by atoms with Crippen molar-refractivity contribution in [3.8, 4) is 16.9 Å². The summed E-state index contributed by atoms with van der Waals surface area (Å²) in [5.41, 5.74) is 2.83. The maximum Gasteiger partial charge on any atom is 0.153 e. The van der Waals surface area contributed by atoms with E-state index in [1.807, 2.05) is 25.4 Å². The number of carbonyl (C=O) groups is 1. The standard InChI is InChI=1S/C13H11N5O/c1-17-7-10(6-15-17)13-11(9-19)8-18(16-13)12-2-4-14-5-3-12/h2-9H,1H3. The van der Waals surface area contributed by atoms with Crippen LogP contribution in [-0.4, -0.2) is 30.8 Å². The molecule has 0 spiro atoms. The number of rotatable bonds is 3. The molecule has 0 aliphatic carbocycles. The van der Waals surface area contributed by atoms with Gasteiger partial charge in [-0.1, -0.05) is 0 Å². The smallest absolute Gasteiger partial charge is 0.153 e. The van der Waals surface area contributed by atoms with Crippen molar-refractivity contribution in [3.63, 3.8) is 0 Å². The summed E-state index contributed by atoms with van der Waals surface area (Å²) in [7, 11) is 1.82. The van der Waals surface area contributed by atoms with E-state index in [-0.39, 0.29) is 0 Å². The molecule has 0 bridgehead atoms. The zero-order chi connectivity index (χ0) is 13.2. The van der Waals surface area contributed by atoms with Crippen LogP contribution in [0.1, 0.15) is 10.4 Å². The average molecular weight is 253 g/mol. The Morgan fingerprint density at radius 1 is 1.21 bits per heavy atom. The molecular formula is C13H11N5O. The Bertz CT molecular complexity index is 714. The number of aromatic nitrogens is 5. The molecule has 0 unspecified atom stereocenters. The highest BCUT2D eigenvalue weighted by Gasteiger charge is 2.12. The number of pyridine rings is 1. The fourth-order valence-electron chi connectivity index (χ4n) is 1.87. The number of aryl methyl sites for hydroxylation is 1. The molecule has 3 aromatic heterocycles. The van der Waals surface area contributed by atoms with Gasteiger partial charge in [-0.15, -0.1) is 0 Å². The molecule has 3 heterocycles. The van der Waals surface area contributed by atoms with E-state index in [4.69, 9.17) is 0 Å². The lowest BCUT2D eigenvalue weighted by atomic mass is 10.2. The van der Waals surface area contributed by atoms with Gasteiger partial charge >= 0.3 is 0 Å². The zero-order valence-corrected chi connectivity index (χ0v) is 10.3. The van der Waals surface area contributed by atoms with Crippen LogP contribution in [-0.2, 0) is 7.05 Å². The average Bonchev–Trinajstić information content (AvgIpc) is 3.05. The van der Waals surface area contributed by atoms with Gasteiger partial charge in [0, 0.05) is 37.4 Å². The molecule has 0 aliphatic heterocycles. The minimum Gasteiger partial charge on any atom is -0.298 e. The molecule has 0 saturated heterocycles. The van der Waals surface area contributed by atoms with E-state index < -0.39 is 0 Å². The van der Waals surface area contributed by atoms with Gasteiger partial charge in [-0.25, -0.2) is 4.68 Å². The fourth-order valence-corrected chi connectivity index (χ4v) is 1.87. The van der Waals surface area contributed by atoms with Gasteiger partial charge in [0.2, 0.25) is 0 Å². The third kappa shape index (κ3) is 2.03. The first-order valence-electron chi connectivity index (χ1n) is 5.72. The number of hydrogen-bond donors (Lipinski definition) is 0. The second kappa shape index (κ2) is 4.49. The third-order valence-electron chi connectivity index (χ3n) is 2.78. The van der Waals surface area contributed by atoms with Crippen LogP contribution >= 0.6 is 0 Å². The van der Waals surface area contributed by atoms with E-state index in [0.29, 0.717) is 11.3 Å². The van der Waals surface area contributed by atoms with Crippen LogP contribution in [0.5, 0.6) is 0 Å². The molecule has 0 aromatic carbocycles. The molecule has 3 aromatic rings. The van der Waals surface area contributed by atoms with Crippen LogP contribution in [0.2, 0.25) is 0 Å². The molecule has 0 aliphatic rings. The van der Waals surface area contributed by atoms with Gasteiger partial charge in [0.25, 0.3) is 0 Å². The molecule has 0 atom stereocenters. The summed E-state index contributed by atoms with van der Waals surface area (Å²) in [6, 6.07) is 3.66. The van der Waals surface area contributed by atoms with Crippen LogP contribution in [0.15, 0.2) is 43.1 Å². The van der Waals surface area contributed by atoms with Crippen LogP contribution < -0.4 is 0 Å². The predicted octanol–water partition coefficient (Wildman–Crippen LogP) is 1.48. The minimum absolute atomic E-state index is 0.532. The van der Waals surface area contributed by atoms with E-state index in [9.17, 15) is 4.79 Å². The highest BCUT2D eigenvalue weighted by molar-refractivity contribution is 5.85. The molecular weight excluding hydrogens is 242 g/mol. The van der Waals surface area contributed by atoms with Crippen molar-refractivity contribution in [2.24, 2.45) is 7.05 Å².